The lowest BCUT2D eigenvalue weighted by Crippen LogP contribution is -2.42. The van der Waals surface area contributed by atoms with Gasteiger partial charge in [-0.2, -0.15) is 0 Å². The monoisotopic (exact) mass is 261 g/mol. The van der Waals surface area contributed by atoms with Crippen LogP contribution in [0.4, 0.5) is 0 Å². The van der Waals surface area contributed by atoms with E-state index in [0.717, 1.165) is 36.2 Å². The van der Waals surface area contributed by atoms with Crippen LogP contribution in [-0.4, -0.2) is 47.3 Å². The molecule has 1 fully saturated rings. The molecule has 1 aliphatic rings. The summed E-state index contributed by atoms with van der Waals surface area (Å²) in [6.07, 6.45) is 4.34. The molecule has 3 rings (SSSR count). The van der Waals surface area contributed by atoms with Crippen LogP contribution >= 0.6 is 0 Å². The first-order valence-corrected chi connectivity index (χ1v) is 6.59. The summed E-state index contributed by atoms with van der Waals surface area (Å²) < 4.78 is 5.69. The molecule has 0 aromatic carbocycles. The molecule has 0 bridgehead atoms. The molecule has 102 valence electrons. The van der Waals surface area contributed by atoms with Gasteiger partial charge in [-0.3, -0.25) is 4.98 Å². The van der Waals surface area contributed by atoms with Crippen LogP contribution in [0.25, 0.3) is 11.0 Å². The van der Waals surface area contributed by atoms with Crippen molar-refractivity contribution in [2.75, 3.05) is 26.7 Å². The summed E-state index contributed by atoms with van der Waals surface area (Å²) in [6, 6.07) is 3.85. The predicted molar refractivity (Wildman–Crippen MR) is 72.8 cm³/mol. The van der Waals surface area contributed by atoms with Crippen molar-refractivity contribution in [2.24, 2.45) is 0 Å². The minimum absolute atomic E-state index is 0.590. The minimum atomic E-state index is -0.609. The van der Waals surface area contributed by atoms with Crippen LogP contribution in [-0.2, 0) is 6.54 Å². The molecule has 0 saturated carbocycles. The number of fused-ring (bicyclic) bond motifs is 1. The Morgan fingerprint density at radius 2 is 2.47 bits per heavy atom. The molecule has 2 aromatic heterocycles. The second kappa shape index (κ2) is 4.92. The highest BCUT2D eigenvalue weighted by molar-refractivity contribution is 5.76. The summed E-state index contributed by atoms with van der Waals surface area (Å²) in [5.41, 5.74) is 0.244. The molecule has 1 saturated heterocycles. The lowest BCUT2D eigenvalue weighted by molar-refractivity contribution is 0.0512. The fraction of sp³-hybridized carbons (Fsp3) is 0.500. The summed E-state index contributed by atoms with van der Waals surface area (Å²) in [7, 11) is 2.03. The zero-order valence-electron chi connectivity index (χ0n) is 11.1. The minimum Gasteiger partial charge on any atom is -0.460 e. The average Bonchev–Trinajstić information content (AvgIpc) is 2.93. The fourth-order valence-corrected chi connectivity index (χ4v) is 2.65. The van der Waals surface area contributed by atoms with Gasteiger partial charge < -0.3 is 19.7 Å². The van der Waals surface area contributed by atoms with Crippen molar-refractivity contribution in [1.82, 2.24) is 15.2 Å². The normalized spacial score (nSPS) is 24.3. The Balaban J connectivity index is 1.57. The summed E-state index contributed by atoms with van der Waals surface area (Å²) in [6.45, 7) is 2.89. The maximum absolute atomic E-state index is 10.3. The number of furan rings is 1. The quantitative estimate of drug-likeness (QED) is 0.859. The number of pyridine rings is 1. The SMILES string of the molecule is CN1CCC(O)(CNCc2cc3cnccc3o2)C1. The van der Waals surface area contributed by atoms with Crippen molar-refractivity contribution in [1.29, 1.82) is 0 Å². The number of hydrogen-bond donors (Lipinski definition) is 2. The number of β-amino-alcohol motifs (C(OH)–C–C–N with tert-alkyl or cyclic N) is 1. The van der Waals surface area contributed by atoms with Gasteiger partial charge >= 0.3 is 0 Å². The van der Waals surface area contributed by atoms with Gasteiger partial charge in [0.05, 0.1) is 12.1 Å². The van der Waals surface area contributed by atoms with E-state index in [2.05, 4.69) is 15.2 Å². The molecule has 5 heteroatoms. The van der Waals surface area contributed by atoms with Crippen LogP contribution in [0.5, 0.6) is 0 Å². The van der Waals surface area contributed by atoms with Crippen LogP contribution in [0.3, 0.4) is 0 Å². The second-order valence-corrected chi connectivity index (χ2v) is 5.44. The summed E-state index contributed by atoms with van der Waals surface area (Å²) >= 11 is 0. The number of aliphatic hydroxyl groups is 1. The van der Waals surface area contributed by atoms with Gasteiger partial charge in [-0.25, -0.2) is 0 Å². The van der Waals surface area contributed by atoms with E-state index >= 15 is 0 Å². The zero-order chi connectivity index (χ0) is 13.3. The lowest BCUT2D eigenvalue weighted by Gasteiger charge is -2.22. The molecule has 1 atom stereocenters. The Bertz CT molecular complexity index is 536. The van der Waals surface area contributed by atoms with Crippen LogP contribution in [0, 0.1) is 0 Å². The van der Waals surface area contributed by atoms with Gasteiger partial charge in [-0.15, -0.1) is 0 Å². The van der Waals surface area contributed by atoms with Crippen LogP contribution in [0.2, 0.25) is 0 Å². The number of likely N-dealkylation sites (N-methyl/N-ethyl adjacent to an activating group) is 1. The molecule has 19 heavy (non-hydrogen) atoms. The Morgan fingerprint density at radius 1 is 1.58 bits per heavy atom. The number of rotatable bonds is 4. The van der Waals surface area contributed by atoms with Gasteiger partial charge in [-0.1, -0.05) is 0 Å². The first kappa shape index (κ1) is 12.6. The van der Waals surface area contributed by atoms with Crippen molar-refractivity contribution >= 4 is 11.0 Å². The molecule has 2 aromatic rings. The third kappa shape index (κ3) is 2.78. The highest BCUT2D eigenvalue weighted by Gasteiger charge is 2.33. The summed E-state index contributed by atoms with van der Waals surface area (Å²) in [5, 5.41) is 14.6. The standard InChI is InChI=1S/C14H19N3O2/c1-17-5-3-14(18,10-17)9-16-8-12-6-11-7-15-4-2-13(11)19-12/h2,4,6-7,16,18H,3,5,8-10H2,1H3. The topological polar surface area (TPSA) is 61.5 Å². The third-order valence-corrected chi connectivity index (χ3v) is 3.64. The van der Waals surface area contributed by atoms with Crippen molar-refractivity contribution < 1.29 is 9.52 Å². The lowest BCUT2D eigenvalue weighted by atomic mass is 10.0. The summed E-state index contributed by atoms with van der Waals surface area (Å²) in [4.78, 5) is 6.21. The molecular weight excluding hydrogens is 242 g/mol. The number of likely N-dealkylation sites (tertiary alicyclic amines) is 1. The van der Waals surface area contributed by atoms with E-state index in [0.29, 0.717) is 13.1 Å². The van der Waals surface area contributed by atoms with Gasteiger partial charge in [0.25, 0.3) is 0 Å². The number of aromatic nitrogens is 1. The second-order valence-electron chi connectivity index (χ2n) is 5.44. The van der Waals surface area contributed by atoms with Crippen LogP contribution < -0.4 is 5.32 Å². The average molecular weight is 261 g/mol. The first-order valence-electron chi connectivity index (χ1n) is 6.59. The Kier molecular flexibility index (Phi) is 3.26. The highest BCUT2D eigenvalue weighted by atomic mass is 16.3. The van der Waals surface area contributed by atoms with E-state index in [-0.39, 0.29) is 0 Å². The molecule has 2 N–H and O–H groups in total. The molecule has 1 unspecified atom stereocenters. The Labute approximate surface area is 112 Å². The number of nitrogens with zero attached hydrogens (tertiary/aromatic N) is 2. The molecule has 3 heterocycles. The maximum atomic E-state index is 10.3. The van der Waals surface area contributed by atoms with Gasteiger partial charge in [0.15, 0.2) is 0 Å². The molecule has 0 amide bonds. The predicted octanol–water partition coefficient (Wildman–Crippen LogP) is 0.984. The number of nitrogens with one attached hydrogen (secondary N) is 1. The van der Waals surface area contributed by atoms with E-state index in [9.17, 15) is 5.11 Å². The van der Waals surface area contributed by atoms with Crippen LogP contribution in [0.1, 0.15) is 12.2 Å². The number of hydrogen-bond acceptors (Lipinski definition) is 5. The molecular formula is C14H19N3O2. The van der Waals surface area contributed by atoms with Crippen LogP contribution in [0.15, 0.2) is 28.9 Å². The smallest absolute Gasteiger partial charge is 0.137 e. The van der Waals surface area contributed by atoms with E-state index in [1.807, 2.05) is 19.2 Å². The van der Waals surface area contributed by atoms with Crippen molar-refractivity contribution in [2.45, 2.75) is 18.6 Å². The molecule has 1 aliphatic heterocycles. The summed E-state index contributed by atoms with van der Waals surface area (Å²) in [5.74, 6) is 0.873. The van der Waals surface area contributed by atoms with Crippen molar-refractivity contribution in [3.8, 4) is 0 Å². The third-order valence-electron chi connectivity index (χ3n) is 3.64. The van der Waals surface area contributed by atoms with Crippen molar-refractivity contribution in [3.63, 3.8) is 0 Å². The van der Waals surface area contributed by atoms with Gasteiger partial charge in [0.2, 0.25) is 0 Å². The fourth-order valence-electron chi connectivity index (χ4n) is 2.65. The molecule has 0 spiro atoms. The molecule has 0 radical (unpaired) electrons. The zero-order valence-corrected chi connectivity index (χ0v) is 11.1. The molecule has 5 nitrogen and oxygen atoms in total. The first-order chi connectivity index (χ1) is 9.15. The van der Waals surface area contributed by atoms with E-state index in [4.69, 9.17) is 4.42 Å². The highest BCUT2D eigenvalue weighted by Crippen LogP contribution is 2.20. The molecule has 0 aliphatic carbocycles. The Hall–Kier alpha value is -1.43. The van der Waals surface area contributed by atoms with Gasteiger partial charge in [0, 0.05) is 37.4 Å². The van der Waals surface area contributed by atoms with E-state index in [1.54, 1.807) is 12.4 Å². The van der Waals surface area contributed by atoms with Gasteiger partial charge in [0.1, 0.15) is 11.3 Å². The Morgan fingerprint density at radius 3 is 3.21 bits per heavy atom. The largest absolute Gasteiger partial charge is 0.460 e. The van der Waals surface area contributed by atoms with E-state index < -0.39 is 5.60 Å². The van der Waals surface area contributed by atoms with Crippen molar-refractivity contribution in [3.05, 3.63) is 30.3 Å². The van der Waals surface area contributed by atoms with E-state index in [1.165, 1.54) is 0 Å². The maximum Gasteiger partial charge on any atom is 0.137 e. The van der Waals surface area contributed by atoms with Gasteiger partial charge in [-0.05, 0) is 25.6 Å².